The number of hydrogen-bond donors (Lipinski definition) is 2. The number of hydrogen-bond acceptors (Lipinski definition) is 4. The van der Waals surface area contributed by atoms with Crippen LogP contribution in [0.15, 0.2) is 18.2 Å². The Hall–Kier alpha value is -1.26. The van der Waals surface area contributed by atoms with E-state index in [-0.39, 0.29) is 17.0 Å². The molecule has 0 bridgehead atoms. The third kappa shape index (κ3) is 3.25. The average Bonchev–Trinajstić information content (AvgIpc) is 2.23. The summed E-state index contributed by atoms with van der Waals surface area (Å²) in [6, 6.07) is 5.45. The van der Waals surface area contributed by atoms with Crippen LogP contribution in [0.5, 0.6) is 5.75 Å². The van der Waals surface area contributed by atoms with E-state index in [0.29, 0.717) is 5.56 Å². The highest BCUT2D eigenvalue weighted by atomic mass is 16.5. The summed E-state index contributed by atoms with van der Waals surface area (Å²) in [6.07, 6.45) is -0.665. The van der Waals surface area contributed by atoms with Crippen molar-refractivity contribution in [3.8, 4) is 5.75 Å². The Morgan fingerprint density at radius 3 is 2.15 bits per heavy atom. The van der Waals surface area contributed by atoms with E-state index >= 15 is 0 Å². The quantitative estimate of drug-likeness (QED) is 0.874. The summed E-state index contributed by atoms with van der Waals surface area (Å²) in [5, 5.41) is 19.6. The standard InChI is InChI=1S/C16H25NO3/c1-11(18)13-7-6-12(8-14(13)19)17-9-15(2,3)20-16(4,5)10-17/h6-8,11,18-19H,9-10H2,1-5H3. The summed E-state index contributed by atoms with van der Waals surface area (Å²) in [7, 11) is 0. The van der Waals surface area contributed by atoms with Crippen molar-refractivity contribution in [2.24, 2.45) is 0 Å². The molecule has 112 valence electrons. The first-order valence-corrected chi connectivity index (χ1v) is 7.06. The molecule has 0 aliphatic carbocycles. The number of rotatable bonds is 2. The normalized spacial score (nSPS) is 22.6. The second kappa shape index (κ2) is 4.93. The summed E-state index contributed by atoms with van der Waals surface area (Å²) in [4.78, 5) is 2.22. The van der Waals surface area contributed by atoms with Crippen molar-refractivity contribution in [3.63, 3.8) is 0 Å². The van der Waals surface area contributed by atoms with Crippen LogP contribution in [0.1, 0.15) is 46.3 Å². The van der Waals surface area contributed by atoms with E-state index in [4.69, 9.17) is 4.74 Å². The van der Waals surface area contributed by atoms with Gasteiger partial charge in [-0.1, -0.05) is 6.07 Å². The molecule has 1 saturated heterocycles. The van der Waals surface area contributed by atoms with Gasteiger partial charge in [0.15, 0.2) is 0 Å². The first-order chi connectivity index (χ1) is 9.10. The van der Waals surface area contributed by atoms with E-state index in [1.165, 1.54) is 0 Å². The molecule has 0 radical (unpaired) electrons. The molecule has 4 nitrogen and oxygen atoms in total. The molecule has 1 aliphatic heterocycles. The summed E-state index contributed by atoms with van der Waals surface area (Å²) in [5.41, 5.74) is 1.04. The molecule has 0 saturated carbocycles. The van der Waals surface area contributed by atoms with E-state index in [2.05, 4.69) is 32.6 Å². The highest BCUT2D eigenvalue weighted by Gasteiger charge is 2.38. The minimum atomic E-state index is -0.665. The van der Waals surface area contributed by atoms with Gasteiger partial charge in [0, 0.05) is 30.4 Å². The van der Waals surface area contributed by atoms with Crippen molar-refractivity contribution < 1.29 is 14.9 Å². The molecule has 4 heteroatoms. The van der Waals surface area contributed by atoms with Gasteiger partial charge in [0.1, 0.15) is 5.75 Å². The molecule has 1 fully saturated rings. The first-order valence-electron chi connectivity index (χ1n) is 7.06. The number of phenols is 1. The SMILES string of the molecule is CC(O)c1ccc(N2CC(C)(C)OC(C)(C)C2)cc1O. The van der Waals surface area contributed by atoms with Gasteiger partial charge in [-0.15, -0.1) is 0 Å². The van der Waals surface area contributed by atoms with Gasteiger partial charge >= 0.3 is 0 Å². The lowest BCUT2D eigenvalue weighted by atomic mass is 9.98. The Morgan fingerprint density at radius 2 is 1.70 bits per heavy atom. The van der Waals surface area contributed by atoms with Crippen molar-refractivity contribution >= 4 is 5.69 Å². The van der Waals surface area contributed by atoms with Gasteiger partial charge < -0.3 is 19.8 Å². The summed E-state index contributed by atoms with van der Waals surface area (Å²) < 4.78 is 6.06. The van der Waals surface area contributed by atoms with Gasteiger partial charge in [0.25, 0.3) is 0 Å². The largest absolute Gasteiger partial charge is 0.507 e. The van der Waals surface area contributed by atoms with Gasteiger partial charge in [-0.25, -0.2) is 0 Å². The maximum atomic E-state index is 10.0. The van der Waals surface area contributed by atoms with Gasteiger partial charge in [0.05, 0.1) is 17.3 Å². The zero-order chi connectivity index (χ0) is 15.1. The number of morpholine rings is 1. The van der Waals surface area contributed by atoms with E-state index in [0.717, 1.165) is 18.8 Å². The van der Waals surface area contributed by atoms with Gasteiger partial charge in [-0.3, -0.25) is 0 Å². The number of nitrogens with zero attached hydrogens (tertiary/aromatic N) is 1. The molecule has 0 spiro atoms. The highest BCUT2D eigenvalue weighted by Crippen LogP contribution is 2.34. The van der Waals surface area contributed by atoms with E-state index in [9.17, 15) is 10.2 Å². The number of benzene rings is 1. The zero-order valence-electron chi connectivity index (χ0n) is 13.0. The monoisotopic (exact) mass is 279 g/mol. The third-order valence-electron chi connectivity index (χ3n) is 3.53. The summed E-state index contributed by atoms with van der Waals surface area (Å²) >= 11 is 0. The van der Waals surface area contributed by atoms with Gasteiger partial charge in [-0.2, -0.15) is 0 Å². The number of ether oxygens (including phenoxy) is 1. The van der Waals surface area contributed by atoms with Crippen LogP contribution in [-0.2, 0) is 4.74 Å². The molecule has 1 heterocycles. The molecule has 1 aromatic rings. The van der Waals surface area contributed by atoms with Gasteiger partial charge in [-0.05, 0) is 40.7 Å². The van der Waals surface area contributed by atoms with Crippen molar-refractivity contribution in [2.75, 3.05) is 18.0 Å². The first kappa shape index (κ1) is 15.1. The summed E-state index contributed by atoms with van der Waals surface area (Å²) in [5.74, 6) is 0.139. The Kier molecular flexibility index (Phi) is 3.73. The molecule has 0 amide bonds. The molecule has 1 unspecified atom stereocenters. The van der Waals surface area contributed by atoms with Crippen molar-refractivity contribution in [2.45, 2.75) is 51.9 Å². The lowest BCUT2D eigenvalue weighted by Gasteiger charge is -2.48. The summed E-state index contributed by atoms with van der Waals surface area (Å²) in [6.45, 7) is 11.5. The number of phenolic OH excluding ortho intramolecular Hbond substituents is 1. The minimum absolute atomic E-state index is 0.139. The molecule has 1 atom stereocenters. The number of anilines is 1. The highest BCUT2D eigenvalue weighted by molar-refractivity contribution is 5.54. The Morgan fingerprint density at radius 1 is 1.15 bits per heavy atom. The van der Waals surface area contributed by atoms with Crippen LogP contribution < -0.4 is 4.90 Å². The predicted octanol–water partition coefficient (Wildman–Crippen LogP) is 2.84. The lowest BCUT2D eigenvalue weighted by molar-refractivity contribution is -0.133. The number of aromatic hydroxyl groups is 1. The van der Waals surface area contributed by atoms with E-state index < -0.39 is 6.10 Å². The van der Waals surface area contributed by atoms with Crippen molar-refractivity contribution in [1.82, 2.24) is 0 Å². The van der Waals surface area contributed by atoms with Crippen LogP contribution in [0, 0.1) is 0 Å². The Bertz CT molecular complexity index is 478. The molecule has 20 heavy (non-hydrogen) atoms. The smallest absolute Gasteiger partial charge is 0.123 e. The molecular formula is C16H25NO3. The molecule has 1 aliphatic rings. The molecular weight excluding hydrogens is 254 g/mol. The molecule has 2 rings (SSSR count). The molecule has 1 aromatic carbocycles. The Balaban J connectivity index is 2.29. The predicted molar refractivity (Wildman–Crippen MR) is 80.2 cm³/mol. The number of aliphatic hydroxyl groups is 1. The molecule has 0 aromatic heterocycles. The van der Waals surface area contributed by atoms with Crippen molar-refractivity contribution in [1.29, 1.82) is 0 Å². The lowest BCUT2D eigenvalue weighted by Crippen LogP contribution is -2.57. The van der Waals surface area contributed by atoms with Crippen LogP contribution >= 0.6 is 0 Å². The van der Waals surface area contributed by atoms with Crippen LogP contribution in [0.4, 0.5) is 5.69 Å². The van der Waals surface area contributed by atoms with Crippen LogP contribution in [0.3, 0.4) is 0 Å². The minimum Gasteiger partial charge on any atom is -0.507 e. The zero-order valence-corrected chi connectivity index (χ0v) is 13.0. The fourth-order valence-electron chi connectivity index (χ4n) is 3.05. The van der Waals surface area contributed by atoms with Crippen LogP contribution in [0.2, 0.25) is 0 Å². The second-order valence-corrected chi connectivity index (χ2v) is 6.90. The number of aliphatic hydroxyl groups excluding tert-OH is 1. The average molecular weight is 279 g/mol. The van der Waals surface area contributed by atoms with E-state index in [1.807, 2.05) is 6.07 Å². The fourth-order valence-corrected chi connectivity index (χ4v) is 3.05. The van der Waals surface area contributed by atoms with Crippen LogP contribution in [0.25, 0.3) is 0 Å². The van der Waals surface area contributed by atoms with Crippen LogP contribution in [-0.4, -0.2) is 34.5 Å². The fraction of sp³-hybridized carbons (Fsp3) is 0.625. The third-order valence-corrected chi connectivity index (χ3v) is 3.53. The maximum Gasteiger partial charge on any atom is 0.123 e. The van der Waals surface area contributed by atoms with Crippen molar-refractivity contribution in [3.05, 3.63) is 23.8 Å². The van der Waals surface area contributed by atoms with Gasteiger partial charge in [0.2, 0.25) is 0 Å². The van der Waals surface area contributed by atoms with E-state index in [1.54, 1.807) is 19.1 Å². The maximum absolute atomic E-state index is 10.0. The topological polar surface area (TPSA) is 52.9 Å². The Labute approximate surface area is 121 Å². The molecule has 2 N–H and O–H groups in total. The second-order valence-electron chi connectivity index (χ2n) is 6.90.